The highest BCUT2D eigenvalue weighted by Gasteiger charge is 2.03. The molecule has 3 heterocycles. The van der Waals surface area contributed by atoms with Crippen molar-refractivity contribution in [2.75, 3.05) is 6.61 Å². The predicted octanol–water partition coefficient (Wildman–Crippen LogP) is 2.16. The molecule has 0 aromatic carbocycles. The summed E-state index contributed by atoms with van der Waals surface area (Å²) in [5, 5.41) is 12.8. The van der Waals surface area contributed by atoms with Crippen LogP contribution in [-0.4, -0.2) is 42.4 Å². The van der Waals surface area contributed by atoms with E-state index in [1.54, 1.807) is 29.3 Å². The molecule has 0 aliphatic heterocycles. The first-order valence-corrected chi connectivity index (χ1v) is 7.84. The first kappa shape index (κ1) is 16.6. The van der Waals surface area contributed by atoms with E-state index in [1.807, 2.05) is 12.1 Å². The Bertz CT molecular complexity index is 801. The number of unbranched alkanes of at least 4 members (excludes halogenated alkanes) is 1. The molecule has 25 heavy (non-hydrogen) atoms. The second-order valence-electron chi connectivity index (χ2n) is 5.34. The molecule has 0 radical (unpaired) electrons. The average molecular weight is 339 g/mol. The topological polar surface area (TPSA) is 103 Å². The molecule has 0 saturated heterocycles. The lowest BCUT2D eigenvalue weighted by molar-refractivity contribution is 0.0696. The van der Waals surface area contributed by atoms with E-state index in [1.165, 1.54) is 12.5 Å². The van der Waals surface area contributed by atoms with Gasteiger partial charge in [-0.15, -0.1) is 0 Å². The van der Waals surface area contributed by atoms with Gasteiger partial charge in [-0.3, -0.25) is 4.98 Å². The lowest BCUT2D eigenvalue weighted by Gasteiger charge is -2.06. The third-order valence-electron chi connectivity index (χ3n) is 3.54. The molecule has 8 heteroatoms. The van der Waals surface area contributed by atoms with Crippen LogP contribution in [0.3, 0.4) is 0 Å². The largest absolute Gasteiger partial charge is 0.492 e. The molecule has 1 N–H and O–H groups in total. The van der Waals surface area contributed by atoms with Gasteiger partial charge in [0.25, 0.3) is 0 Å². The van der Waals surface area contributed by atoms with Crippen molar-refractivity contribution in [2.24, 2.45) is 0 Å². The molecule has 0 spiro atoms. The second kappa shape index (κ2) is 8.00. The van der Waals surface area contributed by atoms with E-state index in [4.69, 9.17) is 9.84 Å². The summed E-state index contributed by atoms with van der Waals surface area (Å²) in [6.45, 7) is 0.581. The van der Waals surface area contributed by atoms with Gasteiger partial charge >= 0.3 is 5.97 Å². The van der Waals surface area contributed by atoms with Gasteiger partial charge in [-0.25, -0.2) is 19.4 Å². The van der Waals surface area contributed by atoms with Crippen molar-refractivity contribution >= 4 is 5.97 Å². The third-order valence-corrected chi connectivity index (χ3v) is 3.54. The molecular weight excluding hydrogens is 322 g/mol. The third kappa shape index (κ3) is 4.60. The number of rotatable bonds is 8. The summed E-state index contributed by atoms with van der Waals surface area (Å²) < 4.78 is 7.24. The minimum Gasteiger partial charge on any atom is -0.492 e. The van der Waals surface area contributed by atoms with E-state index in [9.17, 15) is 4.79 Å². The molecule has 0 amide bonds. The van der Waals surface area contributed by atoms with Crippen molar-refractivity contribution in [3.63, 3.8) is 0 Å². The van der Waals surface area contributed by atoms with Crippen LogP contribution in [0.15, 0.2) is 49.3 Å². The number of carboxylic acids is 1. The van der Waals surface area contributed by atoms with Crippen molar-refractivity contribution in [3.05, 3.63) is 60.6 Å². The quantitative estimate of drug-likeness (QED) is 0.627. The highest BCUT2D eigenvalue weighted by molar-refractivity contribution is 5.87. The van der Waals surface area contributed by atoms with Crippen molar-refractivity contribution in [3.8, 4) is 11.6 Å². The molecule has 0 saturated carbocycles. The predicted molar refractivity (Wildman–Crippen MR) is 88.8 cm³/mol. The summed E-state index contributed by atoms with van der Waals surface area (Å²) in [5.41, 5.74) is 1.08. The van der Waals surface area contributed by atoms with E-state index in [0.717, 1.165) is 25.0 Å². The number of nitrogens with zero attached hydrogens (tertiary/aromatic N) is 5. The van der Waals surface area contributed by atoms with Gasteiger partial charge in [-0.1, -0.05) is 0 Å². The van der Waals surface area contributed by atoms with Crippen LogP contribution in [-0.2, 0) is 6.42 Å². The molecule has 3 rings (SSSR count). The Hall–Kier alpha value is -3.29. The fourth-order valence-corrected chi connectivity index (χ4v) is 2.22. The van der Waals surface area contributed by atoms with Crippen LogP contribution < -0.4 is 4.74 Å². The summed E-state index contributed by atoms with van der Waals surface area (Å²) in [4.78, 5) is 23.1. The van der Waals surface area contributed by atoms with E-state index in [2.05, 4.69) is 20.1 Å². The van der Waals surface area contributed by atoms with Crippen LogP contribution in [0.25, 0.3) is 5.82 Å². The van der Waals surface area contributed by atoms with Gasteiger partial charge in [-0.2, -0.15) is 5.10 Å². The number of carboxylic acid groups (broad SMARTS) is 1. The molecule has 0 fully saturated rings. The van der Waals surface area contributed by atoms with Gasteiger partial charge in [0.05, 0.1) is 18.4 Å². The van der Waals surface area contributed by atoms with Crippen molar-refractivity contribution in [1.82, 2.24) is 24.7 Å². The normalized spacial score (nSPS) is 10.6. The Balaban J connectivity index is 1.39. The summed E-state index contributed by atoms with van der Waals surface area (Å²) in [6, 6.07) is 6.98. The van der Waals surface area contributed by atoms with Crippen molar-refractivity contribution in [1.29, 1.82) is 0 Å². The lowest BCUT2D eigenvalue weighted by atomic mass is 10.1. The van der Waals surface area contributed by atoms with Crippen LogP contribution in [0, 0.1) is 0 Å². The molecule has 3 aromatic rings. The SMILES string of the molecule is O=C(O)c1ccc(CCCCOc2ccc(-n3cncn3)nc2)nc1. The minimum atomic E-state index is -0.962. The standard InChI is InChI=1S/C17H17N5O3/c23-17(24)13-4-5-14(19-9-13)3-1-2-8-25-15-6-7-16(20-10-15)22-12-18-11-21-22/h4-7,9-12H,1-3,8H2,(H,23,24). The van der Waals surface area contributed by atoms with E-state index in [-0.39, 0.29) is 5.56 Å². The number of carbonyl (C=O) groups is 1. The summed E-state index contributed by atoms with van der Waals surface area (Å²) in [5.74, 6) is 0.421. The highest BCUT2D eigenvalue weighted by Crippen LogP contribution is 2.12. The van der Waals surface area contributed by atoms with Crippen LogP contribution in [0.5, 0.6) is 5.75 Å². The molecule has 0 aliphatic carbocycles. The highest BCUT2D eigenvalue weighted by atomic mass is 16.5. The Labute approximate surface area is 144 Å². The molecule has 0 aliphatic rings. The van der Waals surface area contributed by atoms with Crippen LogP contribution in [0.4, 0.5) is 0 Å². The Morgan fingerprint density at radius 3 is 2.68 bits per heavy atom. The van der Waals surface area contributed by atoms with E-state index >= 15 is 0 Å². The Kier molecular flexibility index (Phi) is 5.30. The monoisotopic (exact) mass is 339 g/mol. The van der Waals surface area contributed by atoms with Gasteiger partial charge in [-0.05, 0) is 43.5 Å². The van der Waals surface area contributed by atoms with Crippen LogP contribution in [0.2, 0.25) is 0 Å². The molecule has 0 atom stereocenters. The Morgan fingerprint density at radius 1 is 1.12 bits per heavy atom. The zero-order chi connectivity index (χ0) is 17.5. The molecule has 3 aromatic heterocycles. The second-order valence-corrected chi connectivity index (χ2v) is 5.34. The molecule has 0 bridgehead atoms. The van der Waals surface area contributed by atoms with Crippen LogP contribution >= 0.6 is 0 Å². The fourth-order valence-electron chi connectivity index (χ4n) is 2.22. The summed E-state index contributed by atoms with van der Waals surface area (Å²) in [6.07, 6.45) is 8.64. The molecule has 8 nitrogen and oxygen atoms in total. The van der Waals surface area contributed by atoms with Gasteiger partial charge in [0.15, 0.2) is 5.82 Å². The zero-order valence-corrected chi connectivity index (χ0v) is 13.4. The van der Waals surface area contributed by atoms with E-state index in [0.29, 0.717) is 18.2 Å². The number of hydrogen-bond donors (Lipinski definition) is 1. The molecular formula is C17H17N5O3. The maximum Gasteiger partial charge on any atom is 0.337 e. The Morgan fingerprint density at radius 2 is 2.04 bits per heavy atom. The first-order valence-electron chi connectivity index (χ1n) is 7.84. The number of aromatic carboxylic acids is 1. The van der Waals surface area contributed by atoms with Gasteiger partial charge in [0.1, 0.15) is 18.4 Å². The average Bonchev–Trinajstić information content (AvgIpc) is 3.17. The van der Waals surface area contributed by atoms with Crippen LogP contribution in [0.1, 0.15) is 28.9 Å². The van der Waals surface area contributed by atoms with Crippen molar-refractivity contribution < 1.29 is 14.6 Å². The van der Waals surface area contributed by atoms with Crippen molar-refractivity contribution in [2.45, 2.75) is 19.3 Å². The summed E-state index contributed by atoms with van der Waals surface area (Å²) in [7, 11) is 0. The van der Waals surface area contributed by atoms with Gasteiger partial charge in [0, 0.05) is 11.9 Å². The van der Waals surface area contributed by atoms with E-state index < -0.39 is 5.97 Å². The number of pyridine rings is 2. The maximum atomic E-state index is 10.8. The smallest absolute Gasteiger partial charge is 0.337 e. The fraction of sp³-hybridized carbons (Fsp3) is 0.235. The first-order chi connectivity index (χ1) is 12.2. The number of aryl methyl sites for hydroxylation is 1. The minimum absolute atomic E-state index is 0.203. The molecule has 0 unspecified atom stereocenters. The lowest BCUT2D eigenvalue weighted by Crippen LogP contribution is -2.02. The summed E-state index contributed by atoms with van der Waals surface area (Å²) >= 11 is 0. The molecule has 128 valence electrons. The zero-order valence-electron chi connectivity index (χ0n) is 13.4. The van der Waals surface area contributed by atoms with Gasteiger partial charge < -0.3 is 9.84 Å². The maximum absolute atomic E-state index is 10.8. The number of hydrogen-bond acceptors (Lipinski definition) is 6. The number of ether oxygens (including phenoxy) is 1. The number of aromatic nitrogens is 5. The van der Waals surface area contributed by atoms with Gasteiger partial charge in [0.2, 0.25) is 0 Å².